The largest absolute Gasteiger partial charge is 0.358 e. The molecule has 0 saturated carbocycles. The van der Waals surface area contributed by atoms with E-state index in [0.717, 1.165) is 54.9 Å². The van der Waals surface area contributed by atoms with Crippen molar-refractivity contribution in [2.75, 3.05) is 32.7 Å². The first kappa shape index (κ1) is 18.0. The second-order valence-corrected chi connectivity index (χ2v) is 7.64. The number of hydrogen-bond acceptors (Lipinski definition) is 3. The summed E-state index contributed by atoms with van der Waals surface area (Å²) >= 11 is 0. The van der Waals surface area contributed by atoms with E-state index in [4.69, 9.17) is 0 Å². The van der Waals surface area contributed by atoms with Crippen molar-refractivity contribution in [3.8, 4) is 0 Å². The lowest BCUT2D eigenvalue weighted by molar-refractivity contribution is 0.0845. The van der Waals surface area contributed by atoms with Crippen LogP contribution in [0.5, 0.6) is 0 Å². The van der Waals surface area contributed by atoms with E-state index in [2.05, 4.69) is 70.2 Å². The Hall–Kier alpha value is -2.43. The van der Waals surface area contributed by atoms with Gasteiger partial charge in [-0.1, -0.05) is 42.5 Å². The van der Waals surface area contributed by atoms with Gasteiger partial charge in [-0.15, -0.1) is 0 Å². The average molecular weight is 361 g/mol. The van der Waals surface area contributed by atoms with E-state index < -0.39 is 0 Å². The highest BCUT2D eigenvalue weighted by Crippen LogP contribution is 2.24. The number of nitrogens with one attached hydrogen (secondary N) is 1. The zero-order chi connectivity index (χ0) is 18.8. The fourth-order valence-corrected chi connectivity index (χ4v) is 4.03. The smallest absolute Gasteiger partial charge is 0.179 e. The van der Waals surface area contributed by atoms with Crippen molar-refractivity contribution in [2.24, 2.45) is 0 Å². The average Bonchev–Trinajstić information content (AvgIpc) is 2.99. The summed E-state index contributed by atoms with van der Waals surface area (Å²) in [6.07, 6.45) is 0. The van der Waals surface area contributed by atoms with Gasteiger partial charge in [0.2, 0.25) is 0 Å². The van der Waals surface area contributed by atoms with Crippen molar-refractivity contribution < 1.29 is 4.79 Å². The van der Waals surface area contributed by atoms with E-state index in [1.54, 1.807) is 0 Å². The maximum absolute atomic E-state index is 13.0. The molecule has 0 bridgehead atoms. The lowest BCUT2D eigenvalue weighted by Gasteiger charge is -2.34. The molecule has 0 spiro atoms. The molecule has 4 nitrogen and oxygen atoms in total. The van der Waals surface area contributed by atoms with Crippen molar-refractivity contribution in [1.82, 2.24) is 14.8 Å². The third-order valence-electron chi connectivity index (χ3n) is 5.50. The molecule has 1 N–H and O–H groups in total. The van der Waals surface area contributed by atoms with Crippen LogP contribution in [0, 0.1) is 13.8 Å². The number of fused-ring (bicyclic) bond motifs is 1. The summed E-state index contributed by atoms with van der Waals surface area (Å²) < 4.78 is 0. The predicted octanol–water partition coefficient (Wildman–Crippen LogP) is 3.79. The minimum Gasteiger partial charge on any atom is -0.358 e. The van der Waals surface area contributed by atoms with Crippen LogP contribution in [0.2, 0.25) is 0 Å². The number of benzene rings is 2. The molecule has 0 unspecified atom stereocenters. The molecule has 27 heavy (non-hydrogen) atoms. The second kappa shape index (κ2) is 7.67. The van der Waals surface area contributed by atoms with Gasteiger partial charge >= 0.3 is 0 Å². The summed E-state index contributed by atoms with van der Waals surface area (Å²) in [5.41, 5.74) is 5.45. The van der Waals surface area contributed by atoms with Gasteiger partial charge in [0.05, 0.1) is 6.54 Å². The van der Waals surface area contributed by atoms with Crippen LogP contribution in [0.1, 0.15) is 27.2 Å². The fraction of sp³-hybridized carbons (Fsp3) is 0.348. The highest BCUT2D eigenvalue weighted by atomic mass is 16.1. The molecule has 1 saturated heterocycles. The molecule has 2 heterocycles. The maximum Gasteiger partial charge on any atom is 0.179 e. The van der Waals surface area contributed by atoms with Crippen LogP contribution >= 0.6 is 0 Å². The number of rotatable bonds is 5. The van der Waals surface area contributed by atoms with E-state index in [1.165, 1.54) is 11.1 Å². The molecule has 0 amide bonds. The molecular weight excluding hydrogens is 334 g/mol. The molecule has 3 aromatic rings. The molecular formula is C23H27N3O. The first-order chi connectivity index (χ1) is 13.1. The number of Topliss-reactive ketones (excluding diaryl/α,β-unsaturated/α-hetero) is 1. The summed E-state index contributed by atoms with van der Waals surface area (Å²) in [5, 5.41) is 1.05. The Morgan fingerprint density at radius 1 is 0.963 bits per heavy atom. The molecule has 4 heteroatoms. The number of carbonyl (C=O) groups is 1. The first-order valence-electron chi connectivity index (χ1n) is 9.71. The van der Waals surface area contributed by atoms with Crippen LogP contribution in [-0.2, 0) is 6.54 Å². The number of piperazine rings is 1. The number of nitrogens with zero attached hydrogens (tertiary/aromatic N) is 2. The quantitative estimate of drug-likeness (QED) is 0.703. The SMILES string of the molecule is Cc1ccc2c(C(=O)CN3CCN(Cc4ccccc4)CC3)c(C)[nH]c2c1. The van der Waals surface area contributed by atoms with Crippen LogP contribution in [0.3, 0.4) is 0 Å². The number of aromatic amines is 1. The van der Waals surface area contributed by atoms with Gasteiger partial charge in [-0.25, -0.2) is 0 Å². The van der Waals surface area contributed by atoms with E-state index >= 15 is 0 Å². The standard InChI is InChI=1S/C23H27N3O/c1-17-8-9-20-21(14-17)24-18(2)23(20)22(27)16-26-12-10-25(11-13-26)15-19-6-4-3-5-7-19/h3-9,14,24H,10-13,15-16H2,1-2H3. The third kappa shape index (κ3) is 3.97. The highest BCUT2D eigenvalue weighted by Gasteiger charge is 2.22. The van der Waals surface area contributed by atoms with E-state index in [-0.39, 0.29) is 5.78 Å². The number of carbonyl (C=O) groups excluding carboxylic acids is 1. The topological polar surface area (TPSA) is 39.3 Å². The van der Waals surface area contributed by atoms with E-state index in [1.807, 2.05) is 6.92 Å². The summed E-state index contributed by atoms with van der Waals surface area (Å²) in [4.78, 5) is 21.1. The van der Waals surface area contributed by atoms with Gasteiger partial charge < -0.3 is 4.98 Å². The Kier molecular flexibility index (Phi) is 5.10. The number of aromatic nitrogens is 1. The van der Waals surface area contributed by atoms with Gasteiger partial charge in [0.1, 0.15) is 0 Å². The Bertz CT molecular complexity index is 937. The van der Waals surface area contributed by atoms with Gasteiger partial charge in [0, 0.05) is 54.9 Å². The van der Waals surface area contributed by atoms with Crippen molar-refractivity contribution in [1.29, 1.82) is 0 Å². The van der Waals surface area contributed by atoms with Crippen LogP contribution in [0.25, 0.3) is 10.9 Å². The zero-order valence-corrected chi connectivity index (χ0v) is 16.2. The molecule has 1 fully saturated rings. The van der Waals surface area contributed by atoms with Crippen molar-refractivity contribution in [3.63, 3.8) is 0 Å². The predicted molar refractivity (Wildman–Crippen MR) is 110 cm³/mol. The molecule has 2 aromatic carbocycles. The van der Waals surface area contributed by atoms with Crippen LogP contribution < -0.4 is 0 Å². The lowest BCUT2D eigenvalue weighted by atomic mass is 10.0. The number of aryl methyl sites for hydroxylation is 2. The summed E-state index contributed by atoms with van der Waals surface area (Å²) in [6, 6.07) is 16.9. The summed E-state index contributed by atoms with van der Waals surface area (Å²) in [7, 11) is 0. The lowest BCUT2D eigenvalue weighted by Crippen LogP contribution is -2.47. The van der Waals surface area contributed by atoms with Crippen molar-refractivity contribution in [2.45, 2.75) is 20.4 Å². The molecule has 1 aromatic heterocycles. The van der Waals surface area contributed by atoms with Gasteiger partial charge in [-0.05, 0) is 31.0 Å². The molecule has 0 aliphatic carbocycles. The van der Waals surface area contributed by atoms with Gasteiger partial charge in [-0.3, -0.25) is 14.6 Å². The van der Waals surface area contributed by atoms with E-state index in [0.29, 0.717) is 6.54 Å². The van der Waals surface area contributed by atoms with Crippen molar-refractivity contribution >= 4 is 16.7 Å². The fourth-order valence-electron chi connectivity index (χ4n) is 4.03. The first-order valence-corrected chi connectivity index (χ1v) is 9.71. The Labute approximate surface area is 160 Å². The van der Waals surface area contributed by atoms with Gasteiger partial charge in [0.15, 0.2) is 5.78 Å². The van der Waals surface area contributed by atoms with Crippen LogP contribution in [0.15, 0.2) is 48.5 Å². The zero-order valence-electron chi connectivity index (χ0n) is 16.2. The molecule has 1 aliphatic rings. The number of ketones is 1. The normalized spacial score (nSPS) is 16.1. The molecule has 140 valence electrons. The Morgan fingerprint density at radius 2 is 1.67 bits per heavy atom. The second-order valence-electron chi connectivity index (χ2n) is 7.64. The van der Waals surface area contributed by atoms with Gasteiger partial charge in [0.25, 0.3) is 0 Å². The minimum atomic E-state index is 0.221. The summed E-state index contributed by atoms with van der Waals surface area (Å²) in [5.74, 6) is 0.221. The van der Waals surface area contributed by atoms with Crippen LogP contribution in [-0.4, -0.2) is 53.3 Å². The highest BCUT2D eigenvalue weighted by molar-refractivity contribution is 6.10. The Morgan fingerprint density at radius 3 is 2.41 bits per heavy atom. The molecule has 1 aliphatic heterocycles. The molecule has 0 atom stereocenters. The molecule has 4 rings (SSSR count). The monoisotopic (exact) mass is 361 g/mol. The third-order valence-corrected chi connectivity index (χ3v) is 5.50. The van der Waals surface area contributed by atoms with Crippen molar-refractivity contribution in [3.05, 3.63) is 70.9 Å². The van der Waals surface area contributed by atoms with Crippen LogP contribution in [0.4, 0.5) is 0 Å². The summed E-state index contributed by atoms with van der Waals surface area (Å²) in [6.45, 7) is 9.47. The van der Waals surface area contributed by atoms with Gasteiger partial charge in [-0.2, -0.15) is 0 Å². The number of H-pyrrole nitrogens is 1. The minimum absolute atomic E-state index is 0.221. The molecule has 0 radical (unpaired) electrons. The maximum atomic E-state index is 13.0. The Balaban J connectivity index is 1.38. The van der Waals surface area contributed by atoms with E-state index in [9.17, 15) is 4.79 Å². The number of hydrogen-bond donors (Lipinski definition) is 1.